The molecule has 0 fully saturated rings. The second kappa shape index (κ2) is 7.03. The van der Waals surface area contributed by atoms with E-state index < -0.39 is 6.10 Å². The molecule has 2 aromatic carbocycles. The number of nitrogens with one attached hydrogen (secondary N) is 1. The van der Waals surface area contributed by atoms with Crippen molar-refractivity contribution in [2.75, 3.05) is 13.2 Å². The average molecular weight is 327 g/mol. The van der Waals surface area contributed by atoms with Crippen LogP contribution in [0.1, 0.15) is 13.8 Å². The van der Waals surface area contributed by atoms with Gasteiger partial charge in [-0.25, -0.2) is 0 Å². The van der Waals surface area contributed by atoms with E-state index in [0.717, 1.165) is 0 Å². The van der Waals surface area contributed by atoms with Gasteiger partial charge in [-0.2, -0.15) is 0 Å². The molecule has 0 unspecified atom stereocenters. The summed E-state index contributed by atoms with van der Waals surface area (Å²) < 4.78 is 11.4. The Hall–Kier alpha value is -2.37. The van der Waals surface area contributed by atoms with Crippen molar-refractivity contribution in [3.8, 4) is 5.75 Å². The number of ether oxygens (including phenoxy) is 1. The van der Waals surface area contributed by atoms with Gasteiger partial charge < -0.3 is 19.6 Å². The maximum Gasteiger partial charge on any atom is 0.200 e. The van der Waals surface area contributed by atoms with E-state index >= 15 is 0 Å². The second-order valence-corrected chi connectivity index (χ2v) is 6.11. The van der Waals surface area contributed by atoms with E-state index in [1.54, 1.807) is 30.3 Å². The summed E-state index contributed by atoms with van der Waals surface area (Å²) in [5.74, 6) is 0.560. The summed E-state index contributed by atoms with van der Waals surface area (Å²) in [6, 6.07) is 12.6. The van der Waals surface area contributed by atoms with Crippen LogP contribution in [0.3, 0.4) is 0 Å². The van der Waals surface area contributed by atoms with Gasteiger partial charge >= 0.3 is 0 Å². The molecule has 3 rings (SSSR count). The van der Waals surface area contributed by atoms with Crippen molar-refractivity contribution in [1.29, 1.82) is 0 Å². The number of rotatable bonds is 6. The standard InChI is InChI=1S/C19H21NO4/c1-12(2)20-10-13(21)11-23-14-7-8-16-18(9-14)24-17-6-4-3-5-15(17)19(16)22/h3-9,12-13,20-21H,10-11H2,1-2H3/t13-/m0/s1. The fraction of sp³-hybridized carbons (Fsp3) is 0.316. The maximum atomic E-state index is 12.5. The Labute approximate surface area is 139 Å². The molecule has 1 atom stereocenters. The summed E-state index contributed by atoms with van der Waals surface area (Å²) in [4.78, 5) is 12.5. The molecule has 1 heterocycles. The van der Waals surface area contributed by atoms with Crippen LogP contribution in [0.5, 0.6) is 5.75 Å². The van der Waals surface area contributed by atoms with Gasteiger partial charge in [-0.1, -0.05) is 26.0 Å². The number of hydrogen-bond donors (Lipinski definition) is 2. The number of fused-ring (bicyclic) bond motifs is 2. The first-order chi connectivity index (χ1) is 11.5. The van der Waals surface area contributed by atoms with E-state index in [-0.39, 0.29) is 12.0 Å². The third kappa shape index (κ3) is 3.58. The van der Waals surface area contributed by atoms with E-state index in [2.05, 4.69) is 5.32 Å². The predicted molar refractivity (Wildman–Crippen MR) is 94.6 cm³/mol. The van der Waals surface area contributed by atoms with Crippen LogP contribution in [-0.4, -0.2) is 30.4 Å². The third-order valence-corrected chi connectivity index (χ3v) is 3.75. The van der Waals surface area contributed by atoms with Gasteiger partial charge in [0.05, 0.1) is 10.8 Å². The molecule has 0 bridgehead atoms. The largest absolute Gasteiger partial charge is 0.491 e. The van der Waals surface area contributed by atoms with Crippen LogP contribution in [0.15, 0.2) is 51.7 Å². The van der Waals surface area contributed by atoms with Gasteiger partial charge in [0.25, 0.3) is 0 Å². The highest BCUT2D eigenvalue weighted by Gasteiger charge is 2.10. The van der Waals surface area contributed by atoms with Crippen LogP contribution in [0.25, 0.3) is 21.9 Å². The van der Waals surface area contributed by atoms with Crippen molar-refractivity contribution < 1.29 is 14.3 Å². The summed E-state index contributed by atoms with van der Waals surface area (Å²) in [6.07, 6.45) is -0.605. The molecule has 0 aliphatic heterocycles. The molecule has 5 heteroatoms. The van der Waals surface area contributed by atoms with Crippen LogP contribution in [0.2, 0.25) is 0 Å². The molecule has 3 aromatic rings. The van der Waals surface area contributed by atoms with Crippen molar-refractivity contribution in [2.24, 2.45) is 0 Å². The fourth-order valence-corrected chi connectivity index (χ4v) is 2.49. The summed E-state index contributed by atoms with van der Waals surface area (Å²) in [5, 5.41) is 14.1. The topological polar surface area (TPSA) is 71.7 Å². The van der Waals surface area contributed by atoms with Crippen molar-refractivity contribution in [3.63, 3.8) is 0 Å². The second-order valence-electron chi connectivity index (χ2n) is 6.11. The van der Waals surface area contributed by atoms with Crippen LogP contribution < -0.4 is 15.5 Å². The minimum Gasteiger partial charge on any atom is -0.491 e. The van der Waals surface area contributed by atoms with Crippen LogP contribution in [0.4, 0.5) is 0 Å². The number of hydrogen-bond acceptors (Lipinski definition) is 5. The lowest BCUT2D eigenvalue weighted by molar-refractivity contribution is 0.104. The lowest BCUT2D eigenvalue weighted by atomic mass is 10.1. The minimum atomic E-state index is -0.605. The van der Waals surface area contributed by atoms with Crippen LogP contribution >= 0.6 is 0 Å². The van der Waals surface area contributed by atoms with Crippen LogP contribution in [-0.2, 0) is 0 Å². The first kappa shape index (κ1) is 16.5. The molecule has 0 aliphatic carbocycles. The highest BCUT2D eigenvalue weighted by Crippen LogP contribution is 2.22. The molecule has 0 spiro atoms. The summed E-state index contributed by atoms with van der Waals surface area (Å²) in [5.41, 5.74) is 0.971. The smallest absolute Gasteiger partial charge is 0.200 e. The van der Waals surface area contributed by atoms with Gasteiger partial charge in [-0.05, 0) is 24.3 Å². The van der Waals surface area contributed by atoms with Gasteiger partial charge in [0.1, 0.15) is 29.6 Å². The van der Waals surface area contributed by atoms with Crippen molar-refractivity contribution in [3.05, 3.63) is 52.7 Å². The number of aliphatic hydroxyl groups is 1. The molecule has 126 valence electrons. The molecular weight excluding hydrogens is 306 g/mol. The van der Waals surface area contributed by atoms with Crippen molar-refractivity contribution >= 4 is 21.9 Å². The Bertz CT molecular complexity index is 901. The van der Waals surface area contributed by atoms with E-state index in [9.17, 15) is 9.90 Å². The molecule has 0 saturated heterocycles. The lowest BCUT2D eigenvalue weighted by Gasteiger charge is -2.15. The predicted octanol–water partition coefficient (Wildman–Crippen LogP) is 2.68. The van der Waals surface area contributed by atoms with Gasteiger partial charge in [0.2, 0.25) is 5.43 Å². The van der Waals surface area contributed by atoms with E-state index in [0.29, 0.717) is 40.3 Å². The third-order valence-electron chi connectivity index (χ3n) is 3.75. The van der Waals surface area contributed by atoms with E-state index in [1.165, 1.54) is 0 Å². The highest BCUT2D eigenvalue weighted by atomic mass is 16.5. The summed E-state index contributed by atoms with van der Waals surface area (Å²) >= 11 is 0. The van der Waals surface area contributed by atoms with Crippen molar-refractivity contribution in [1.82, 2.24) is 5.32 Å². The molecule has 0 radical (unpaired) electrons. The van der Waals surface area contributed by atoms with Gasteiger partial charge in [0.15, 0.2) is 0 Å². The molecule has 5 nitrogen and oxygen atoms in total. The molecule has 2 N–H and O–H groups in total. The number of benzene rings is 2. The monoisotopic (exact) mass is 327 g/mol. The average Bonchev–Trinajstić information content (AvgIpc) is 2.58. The normalized spacial score (nSPS) is 12.8. The maximum absolute atomic E-state index is 12.5. The Kier molecular flexibility index (Phi) is 4.83. The SMILES string of the molecule is CC(C)NC[C@H](O)COc1ccc2c(=O)c3ccccc3oc2c1. The number of para-hydroxylation sites is 1. The Balaban J connectivity index is 1.81. The fourth-order valence-electron chi connectivity index (χ4n) is 2.49. The zero-order valence-electron chi connectivity index (χ0n) is 13.8. The molecule has 1 aromatic heterocycles. The lowest BCUT2D eigenvalue weighted by Crippen LogP contribution is -2.35. The minimum absolute atomic E-state index is 0.0560. The van der Waals surface area contributed by atoms with Gasteiger partial charge in [-0.15, -0.1) is 0 Å². The first-order valence-electron chi connectivity index (χ1n) is 8.04. The van der Waals surface area contributed by atoms with Crippen LogP contribution in [0, 0.1) is 0 Å². The highest BCUT2D eigenvalue weighted by molar-refractivity contribution is 5.90. The molecule has 0 amide bonds. The molecular formula is C19H21NO4. The quantitative estimate of drug-likeness (QED) is 0.681. The van der Waals surface area contributed by atoms with E-state index in [4.69, 9.17) is 9.15 Å². The summed E-state index contributed by atoms with van der Waals surface area (Å²) in [6.45, 7) is 4.67. The molecule has 24 heavy (non-hydrogen) atoms. The van der Waals surface area contributed by atoms with Gasteiger partial charge in [-0.3, -0.25) is 4.79 Å². The Morgan fingerprint density at radius 3 is 2.67 bits per heavy atom. The van der Waals surface area contributed by atoms with Gasteiger partial charge in [0, 0.05) is 18.7 Å². The Morgan fingerprint density at radius 2 is 1.88 bits per heavy atom. The zero-order chi connectivity index (χ0) is 17.1. The van der Waals surface area contributed by atoms with E-state index in [1.807, 2.05) is 26.0 Å². The first-order valence-corrected chi connectivity index (χ1v) is 8.04. The molecule has 0 aliphatic rings. The number of aliphatic hydroxyl groups excluding tert-OH is 1. The summed E-state index contributed by atoms with van der Waals surface area (Å²) in [7, 11) is 0. The molecule has 0 saturated carbocycles. The Morgan fingerprint density at radius 1 is 1.12 bits per heavy atom. The van der Waals surface area contributed by atoms with Crippen molar-refractivity contribution in [2.45, 2.75) is 26.0 Å². The zero-order valence-corrected chi connectivity index (χ0v) is 13.8.